The molecule has 1 aliphatic rings. The molecular weight excluding hydrogens is 320 g/mol. The molecule has 5 nitrogen and oxygen atoms in total. The number of aliphatic imine (C=N–C) groups is 1. The van der Waals surface area contributed by atoms with Gasteiger partial charge in [0.25, 0.3) is 0 Å². The number of aromatic amines is 1. The van der Waals surface area contributed by atoms with Crippen LogP contribution in [-0.2, 0) is 6.42 Å². The smallest absolute Gasteiger partial charge is 0.191 e. The minimum Gasteiger partial charge on any atom is -0.387 e. The van der Waals surface area contributed by atoms with Gasteiger partial charge in [0, 0.05) is 42.5 Å². The third-order valence-electron chi connectivity index (χ3n) is 4.59. The van der Waals surface area contributed by atoms with Gasteiger partial charge in [-0.2, -0.15) is 11.8 Å². The molecule has 1 saturated heterocycles. The van der Waals surface area contributed by atoms with Crippen molar-refractivity contribution in [3.63, 3.8) is 0 Å². The number of benzene rings is 1. The Kier molecular flexibility index (Phi) is 5.36. The van der Waals surface area contributed by atoms with Crippen LogP contribution in [0.2, 0.25) is 0 Å². The second-order valence-corrected chi connectivity index (χ2v) is 7.51. The summed E-state index contributed by atoms with van der Waals surface area (Å²) in [5, 5.41) is 18.3. The molecule has 0 bridgehead atoms. The summed E-state index contributed by atoms with van der Waals surface area (Å²) in [5.41, 5.74) is 3.15. The van der Waals surface area contributed by atoms with Crippen LogP contribution in [0, 0.1) is 6.92 Å². The van der Waals surface area contributed by atoms with Crippen molar-refractivity contribution in [2.45, 2.75) is 25.4 Å². The summed E-state index contributed by atoms with van der Waals surface area (Å²) in [6.07, 6.45) is 1.77. The van der Waals surface area contributed by atoms with Crippen LogP contribution in [0.15, 0.2) is 29.3 Å². The molecule has 2 heterocycles. The number of hydrogen-bond donors (Lipinski definition) is 4. The highest BCUT2D eigenvalue weighted by Gasteiger charge is 2.31. The quantitative estimate of drug-likeness (QED) is 0.494. The molecule has 4 N–H and O–H groups in total. The van der Waals surface area contributed by atoms with Crippen molar-refractivity contribution < 1.29 is 5.11 Å². The maximum absolute atomic E-state index is 10.4. The van der Waals surface area contributed by atoms with Crippen molar-refractivity contribution in [2.75, 3.05) is 31.6 Å². The molecule has 1 fully saturated rings. The van der Waals surface area contributed by atoms with Gasteiger partial charge in [0.2, 0.25) is 0 Å². The van der Waals surface area contributed by atoms with Crippen LogP contribution in [0.1, 0.15) is 17.7 Å². The Morgan fingerprint density at radius 3 is 2.96 bits per heavy atom. The molecule has 0 radical (unpaired) electrons. The van der Waals surface area contributed by atoms with Gasteiger partial charge < -0.3 is 20.7 Å². The summed E-state index contributed by atoms with van der Waals surface area (Å²) in [6.45, 7) is 3.47. The van der Waals surface area contributed by atoms with Crippen LogP contribution >= 0.6 is 11.8 Å². The number of para-hydroxylation sites is 1. The first-order valence-corrected chi connectivity index (χ1v) is 9.58. The Morgan fingerprint density at radius 1 is 1.38 bits per heavy atom. The third-order valence-corrected chi connectivity index (χ3v) is 5.82. The van der Waals surface area contributed by atoms with E-state index >= 15 is 0 Å². The van der Waals surface area contributed by atoms with Gasteiger partial charge in [0.15, 0.2) is 5.96 Å². The van der Waals surface area contributed by atoms with E-state index in [1.54, 1.807) is 18.8 Å². The molecule has 1 aromatic heterocycles. The fourth-order valence-electron chi connectivity index (χ4n) is 3.17. The van der Waals surface area contributed by atoms with E-state index in [9.17, 15) is 5.11 Å². The first kappa shape index (κ1) is 17.2. The lowest BCUT2D eigenvalue weighted by atomic mass is 10.0. The van der Waals surface area contributed by atoms with Crippen molar-refractivity contribution in [2.24, 2.45) is 4.99 Å². The second kappa shape index (κ2) is 7.49. The van der Waals surface area contributed by atoms with Gasteiger partial charge in [0.05, 0.1) is 5.60 Å². The maximum atomic E-state index is 10.4. The molecule has 1 aromatic carbocycles. The predicted octanol–water partition coefficient (Wildman–Crippen LogP) is 2.05. The van der Waals surface area contributed by atoms with Gasteiger partial charge in [-0.1, -0.05) is 18.2 Å². The minimum absolute atomic E-state index is 0.547. The number of fused-ring (bicyclic) bond motifs is 1. The molecule has 1 atom stereocenters. The van der Waals surface area contributed by atoms with Crippen molar-refractivity contribution in [3.8, 4) is 0 Å². The highest BCUT2D eigenvalue weighted by Crippen LogP contribution is 2.27. The van der Waals surface area contributed by atoms with Gasteiger partial charge in [-0.15, -0.1) is 0 Å². The Bertz CT molecular complexity index is 719. The van der Waals surface area contributed by atoms with E-state index in [2.05, 4.69) is 51.8 Å². The SMILES string of the molecule is CN=C(NCCc1c(C)[nH]c2ccccc12)NCC1(O)CCSC1. The molecular formula is C18H26N4OS. The van der Waals surface area contributed by atoms with E-state index in [0.717, 1.165) is 36.9 Å². The molecule has 1 unspecified atom stereocenters. The number of thioether (sulfide) groups is 1. The second-order valence-electron chi connectivity index (χ2n) is 6.40. The molecule has 3 rings (SSSR count). The van der Waals surface area contributed by atoms with Crippen LogP contribution in [-0.4, -0.2) is 53.3 Å². The number of H-pyrrole nitrogens is 1. The standard InChI is InChI=1S/C18H26N4OS/c1-13-14(15-5-3-4-6-16(15)22-13)7-9-20-17(19-2)21-11-18(23)8-10-24-12-18/h3-6,22-23H,7-12H2,1-2H3,(H2,19,20,21). The van der Waals surface area contributed by atoms with E-state index in [-0.39, 0.29) is 0 Å². The molecule has 0 amide bonds. The monoisotopic (exact) mass is 346 g/mol. The van der Waals surface area contributed by atoms with Crippen LogP contribution in [0.25, 0.3) is 10.9 Å². The fourth-order valence-corrected chi connectivity index (χ4v) is 4.46. The topological polar surface area (TPSA) is 72.4 Å². The van der Waals surface area contributed by atoms with Gasteiger partial charge in [-0.05, 0) is 37.1 Å². The number of nitrogens with zero attached hydrogens (tertiary/aromatic N) is 1. The molecule has 6 heteroatoms. The summed E-state index contributed by atoms with van der Waals surface area (Å²) in [5.74, 6) is 2.58. The molecule has 130 valence electrons. The summed E-state index contributed by atoms with van der Waals surface area (Å²) in [4.78, 5) is 7.69. The van der Waals surface area contributed by atoms with Gasteiger partial charge >= 0.3 is 0 Å². The maximum Gasteiger partial charge on any atom is 0.191 e. The van der Waals surface area contributed by atoms with Crippen molar-refractivity contribution in [3.05, 3.63) is 35.5 Å². The summed E-state index contributed by atoms with van der Waals surface area (Å²) in [6, 6.07) is 8.40. The average molecular weight is 347 g/mol. The lowest BCUT2D eigenvalue weighted by molar-refractivity contribution is 0.0724. The lowest BCUT2D eigenvalue weighted by Gasteiger charge is -2.23. The third kappa shape index (κ3) is 3.87. The van der Waals surface area contributed by atoms with Crippen LogP contribution in [0.5, 0.6) is 0 Å². The molecule has 0 saturated carbocycles. The van der Waals surface area contributed by atoms with Crippen LogP contribution in [0.4, 0.5) is 0 Å². The Balaban J connectivity index is 1.53. The normalized spacial score (nSPS) is 21.4. The van der Waals surface area contributed by atoms with Crippen molar-refractivity contribution >= 4 is 28.6 Å². The zero-order valence-electron chi connectivity index (χ0n) is 14.4. The Morgan fingerprint density at radius 2 is 2.21 bits per heavy atom. The molecule has 1 aliphatic heterocycles. The zero-order chi connectivity index (χ0) is 17.0. The highest BCUT2D eigenvalue weighted by atomic mass is 32.2. The Hall–Kier alpha value is -1.66. The average Bonchev–Trinajstić information content (AvgIpc) is 3.15. The number of aromatic nitrogens is 1. The van der Waals surface area contributed by atoms with Crippen LogP contribution < -0.4 is 10.6 Å². The first-order chi connectivity index (χ1) is 11.6. The molecule has 2 aromatic rings. The van der Waals surface area contributed by atoms with Crippen molar-refractivity contribution in [1.82, 2.24) is 15.6 Å². The van der Waals surface area contributed by atoms with Crippen molar-refractivity contribution in [1.29, 1.82) is 0 Å². The summed E-state index contributed by atoms with van der Waals surface area (Å²) in [7, 11) is 1.76. The van der Waals surface area contributed by atoms with E-state index in [0.29, 0.717) is 6.54 Å². The van der Waals surface area contributed by atoms with Gasteiger partial charge in [-0.3, -0.25) is 4.99 Å². The number of hydrogen-bond acceptors (Lipinski definition) is 3. The number of aryl methyl sites for hydroxylation is 1. The van der Waals surface area contributed by atoms with Gasteiger partial charge in [-0.25, -0.2) is 0 Å². The van der Waals surface area contributed by atoms with E-state index < -0.39 is 5.60 Å². The number of rotatable bonds is 5. The highest BCUT2D eigenvalue weighted by molar-refractivity contribution is 7.99. The number of guanidine groups is 1. The lowest BCUT2D eigenvalue weighted by Crippen LogP contribution is -2.47. The number of nitrogens with one attached hydrogen (secondary N) is 3. The molecule has 0 aliphatic carbocycles. The predicted molar refractivity (Wildman–Crippen MR) is 103 cm³/mol. The Labute approximate surface area is 147 Å². The molecule has 24 heavy (non-hydrogen) atoms. The van der Waals surface area contributed by atoms with E-state index in [1.807, 2.05) is 0 Å². The zero-order valence-corrected chi connectivity index (χ0v) is 15.2. The van der Waals surface area contributed by atoms with Crippen LogP contribution in [0.3, 0.4) is 0 Å². The number of aliphatic hydroxyl groups is 1. The largest absolute Gasteiger partial charge is 0.387 e. The minimum atomic E-state index is -0.601. The van der Waals surface area contributed by atoms with E-state index in [4.69, 9.17) is 0 Å². The van der Waals surface area contributed by atoms with Gasteiger partial charge in [0.1, 0.15) is 0 Å². The first-order valence-electron chi connectivity index (χ1n) is 8.42. The fraction of sp³-hybridized carbons (Fsp3) is 0.500. The summed E-state index contributed by atoms with van der Waals surface area (Å²) < 4.78 is 0. The summed E-state index contributed by atoms with van der Waals surface area (Å²) >= 11 is 1.81. The molecule has 0 spiro atoms. The van der Waals surface area contributed by atoms with E-state index in [1.165, 1.54) is 22.2 Å².